The number of carbonyl (C=O) groups excluding carboxylic acids is 3. The fourth-order valence-corrected chi connectivity index (χ4v) is 3.78. The summed E-state index contributed by atoms with van der Waals surface area (Å²) in [6, 6.07) is 6.41. The third-order valence-electron chi connectivity index (χ3n) is 3.87. The van der Waals surface area contributed by atoms with Crippen LogP contribution in [0.15, 0.2) is 24.3 Å². The van der Waals surface area contributed by atoms with Gasteiger partial charge in [0.05, 0.1) is 22.6 Å². The van der Waals surface area contributed by atoms with Crippen LogP contribution in [0.5, 0.6) is 0 Å². The van der Waals surface area contributed by atoms with Crippen LogP contribution in [-0.2, 0) is 14.6 Å². The lowest BCUT2D eigenvalue weighted by atomic mass is 10.1. The van der Waals surface area contributed by atoms with Gasteiger partial charge in [-0.05, 0) is 12.1 Å². The van der Waals surface area contributed by atoms with Gasteiger partial charge in [0.15, 0.2) is 9.84 Å². The molecule has 0 aromatic heterocycles. The number of sulfone groups is 1. The highest BCUT2D eigenvalue weighted by molar-refractivity contribution is 7.91. The fraction of sp³-hybridized carbons (Fsp3) is 0.357. The molecule has 0 radical (unpaired) electrons. The van der Waals surface area contributed by atoms with Gasteiger partial charge in [-0.1, -0.05) is 12.1 Å². The lowest BCUT2D eigenvalue weighted by Gasteiger charge is -2.28. The quantitative estimate of drug-likeness (QED) is 0.687. The zero-order valence-corrected chi connectivity index (χ0v) is 12.5. The Kier molecular flexibility index (Phi) is 3.48. The van der Waals surface area contributed by atoms with Gasteiger partial charge in [0.25, 0.3) is 11.8 Å². The number of carbonyl (C=O) groups is 3. The summed E-state index contributed by atoms with van der Waals surface area (Å²) in [5, 5.41) is 0. The molecule has 2 heterocycles. The summed E-state index contributed by atoms with van der Waals surface area (Å²) in [6.07, 6.45) is 0. The summed E-state index contributed by atoms with van der Waals surface area (Å²) in [5.41, 5.74) is 0.586. The van der Waals surface area contributed by atoms with Crippen molar-refractivity contribution in [1.82, 2.24) is 9.80 Å². The molecule has 0 saturated carbocycles. The Morgan fingerprint density at radius 2 is 1.50 bits per heavy atom. The Bertz CT molecular complexity index is 722. The van der Waals surface area contributed by atoms with Gasteiger partial charge in [-0.2, -0.15) is 0 Å². The van der Waals surface area contributed by atoms with Crippen molar-refractivity contribution in [1.29, 1.82) is 0 Å². The number of hydrogen-bond acceptors (Lipinski definition) is 5. The first-order valence-corrected chi connectivity index (χ1v) is 8.64. The average Bonchev–Trinajstić information content (AvgIpc) is 2.73. The van der Waals surface area contributed by atoms with Crippen LogP contribution in [0.1, 0.15) is 20.7 Å². The molecular formula is C14H14N2O5S. The number of fused-ring (bicyclic) bond motifs is 1. The predicted molar refractivity (Wildman–Crippen MR) is 77.0 cm³/mol. The van der Waals surface area contributed by atoms with Gasteiger partial charge < -0.3 is 4.90 Å². The Balaban J connectivity index is 1.71. The molecule has 0 atom stereocenters. The van der Waals surface area contributed by atoms with E-state index in [1.54, 1.807) is 24.3 Å². The number of nitrogens with zero attached hydrogens (tertiary/aromatic N) is 2. The first-order chi connectivity index (χ1) is 10.4. The molecule has 1 fully saturated rings. The second-order valence-electron chi connectivity index (χ2n) is 5.27. The van der Waals surface area contributed by atoms with Crippen molar-refractivity contribution in [2.24, 2.45) is 0 Å². The average molecular weight is 322 g/mol. The molecule has 1 saturated heterocycles. The number of benzene rings is 1. The maximum Gasteiger partial charge on any atom is 0.262 e. The number of rotatable bonds is 2. The van der Waals surface area contributed by atoms with E-state index < -0.39 is 27.6 Å². The van der Waals surface area contributed by atoms with Crippen LogP contribution in [0.25, 0.3) is 0 Å². The zero-order chi connectivity index (χ0) is 15.9. The fourth-order valence-electron chi connectivity index (χ4n) is 2.58. The van der Waals surface area contributed by atoms with Crippen LogP contribution >= 0.6 is 0 Å². The van der Waals surface area contributed by atoms with Gasteiger partial charge in [0.2, 0.25) is 5.91 Å². The zero-order valence-electron chi connectivity index (χ0n) is 11.7. The van der Waals surface area contributed by atoms with E-state index in [1.807, 2.05) is 0 Å². The first kappa shape index (κ1) is 14.7. The van der Waals surface area contributed by atoms with Crippen LogP contribution in [0.4, 0.5) is 0 Å². The molecule has 2 aliphatic rings. The van der Waals surface area contributed by atoms with Crippen molar-refractivity contribution in [3.63, 3.8) is 0 Å². The molecule has 1 aromatic carbocycles. The van der Waals surface area contributed by atoms with E-state index in [4.69, 9.17) is 0 Å². The topological polar surface area (TPSA) is 91.8 Å². The minimum Gasteiger partial charge on any atom is -0.339 e. The normalized spacial score (nSPS) is 20.2. The standard InChI is InChI=1S/C14H14N2O5S/c17-12(15-5-7-22(20,21)8-6-15)9-16-13(18)10-3-1-2-4-11(10)14(16)19/h1-4H,5-9H2. The van der Waals surface area contributed by atoms with Gasteiger partial charge >= 0.3 is 0 Å². The SMILES string of the molecule is O=C(CN1C(=O)c2ccccc2C1=O)N1CCS(=O)(=O)CC1. The van der Waals surface area contributed by atoms with Crippen LogP contribution in [0.3, 0.4) is 0 Å². The second-order valence-corrected chi connectivity index (χ2v) is 7.58. The summed E-state index contributed by atoms with van der Waals surface area (Å²) < 4.78 is 22.7. The van der Waals surface area contributed by atoms with Crippen molar-refractivity contribution in [2.45, 2.75) is 0 Å². The third-order valence-corrected chi connectivity index (χ3v) is 5.48. The molecule has 3 amide bonds. The molecule has 0 aliphatic carbocycles. The van der Waals surface area contributed by atoms with Crippen molar-refractivity contribution in [2.75, 3.05) is 31.1 Å². The Morgan fingerprint density at radius 3 is 2.00 bits per heavy atom. The van der Waals surface area contributed by atoms with Gasteiger partial charge in [-0.15, -0.1) is 0 Å². The molecular weight excluding hydrogens is 308 g/mol. The number of hydrogen-bond donors (Lipinski definition) is 0. The molecule has 0 spiro atoms. The molecule has 0 bridgehead atoms. The molecule has 2 aliphatic heterocycles. The van der Waals surface area contributed by atoms with Crippen molar-refractivity contribution < 1.29 is 22.8 Å². The Morgan fingerprint density at radius 1 is 1.00 bits per heavy atom. The summed E-state index contributed by atoms with van der Waals surface area (Å²) in [7, 11) is -3.08. The van der Waals surface area contributed by atoms with Crippen molar-refractivity contribution in [3.05, 3.63) is 35.4 Å². The minimum atomic E-state index is -3.08. The third kappa shape index (κ3) is 2.50. The molecule has 116 valence electrons. The maximum atomic E-state index is 12.2. The van der Waals surface area contributed by atoms with Gasteiger partial charge in [-0.3, -0.25) is 19.3 Å². The number of amides is 3. The molecule has 3 rings (SSSR count). The predicted octanol–water partition coefficient (Wildman–Crippen LogP) is -0.460. The van der Waals surface area contributed by atoms with Gasteiger partial charge in [-0.25, -0.2) is 8.42 Å². The summed E-state index contributed by atoms with van der Waals surface area (Å²) in [6.45, 7) is -0.152. The highest BCUT2D eigenvalue weighted by Crippen LogP contribution is 2.22. The first-order valence-electron chi connectivity index (χ1n) is 6.82. The summed E-state index contributed by atoms with van der Waals surface area (Å²) in [5.74, 6) is -1.55. The van der Waals surface area contributed by atoms with Crippen LogP contribution in [-0.4, -0.2) is 67.1 Å². The summed E-state index contributed by atoms with van der Waals surface area (Å²) in [4.78, 5) is 38.8. The van der Waals surface area contributed by atoms with Gasteiger partial charge in [0, 0.05) is 13.1 Å². The van der Waals surface area contributed by atoms with E-state index in [0.717, 1.165) is 4.90 Å². The van der Waals surface area contributed by atoms with E-state index in [1.165, 1.54) is 4.90 Å². The van der Waals surface area contributed by atoms with E-state index >= 15 is 0 Å². The van der Waals surface area contributed by atoms with Crippen molar-refractivity contribution >= 4 is 27.6 Å². The summed E-state index contributed by atoms with van der Waals surface area (Å²) >= 11 is 0. The van der Waals surface area contributed by atoms with Gasteiger partial charge in [0.1, 0.15) is 6.54 Å². The van der Waals surface area contributed by atoms with E-state index in [9.17, 15) is 22.8 Å². The monoisotopic (exact) mass is 322 g/mol. The largest absolute Gasteiger partial charge is 0.339 e. The maximum absolute atomic E-state index is 12.2. The van der Waals surface area contributed by atoms with Crippen molar-refractivity contribution in [3.8, 4) is 0 Å². The lowest BCUT2D eigenvalue weighted by Crippen LogP contribution is -2.48. The van der Waals surface area contributed by atoms with Crippen LogP contribution in [0.2, 0.25) is 0 Å². The molecule has 7 nitrogen and oxygen atoms in total. The van der Waals surface area contributed by atoms with Crippen LogP contribution in [0, 0.1) is 0 Å². The van der Waals surface area contributed by atoms with Crippen LogP contribution < -0.4 is 0 Å². The van der Waals surface area contributed by atoms with E-state index in [-0.39, 0.29) is 31.1 Å². The smallest absolute Gasteiger partial charge is 0.262 e. The number of imide groups is 1. The molecule has 0 unspecified atom stereocenters. The Hall–Kier alpha value is -2.22. The Labute approximate surface area is 127 Å². The highest BCUT2D eigenvalue weighted by Gasteiger charge is 2.37. The molecule has 1 aromatic rings. The molecule has 0 N–H and O–H groups in total. The molecule has 8 heteroatoms. The lowest BCUT2D eigenvalue weighted by molar-refractivity contribution is -0.131. The highest BCUT2D eigenvalue weighted by atomic mass is 32.2. The van der Waals surface area contributed by atoms with E-state index in [0.29, 0.717) is 11.1 Å². The van der Waals surface area contributed by atoms with E-state index in [2.05, 4.69) is 0 Å². The molecule has 22 heavy (non-hydrogen) atoms. The second kappa shape index (κ2) is 5.20. The minimum absolute atomic E-state index is 0.0825.